The van der Waals surface area contributed by atoms with Crippen LogP contribution in [-0.2, 0) is 6.54 Å². The van der Waals surface area contributed by atoms with Crippen LogP contribution in [0.4, 0.5) is 0 Å². The van der Waals surface area contributed by atoms with E-state index in [0.29, 0.717) is 5.02 Å². The van der Waals surface area contributed by atoms with Crippen molar-refractivity contribution in [1.82, 2.24) is 5.32 Å². The molecule has 0 aliphatic heterocycles. The fourth-order valence-corrected chi connectivity index (χ4v) is 2.49. The minimum absolute atomic E-state index is 0.165. The normalized spacial score (nSPS) is 18.5. The largest absolute Gasteiger partial charge is 0.484 e. The van der Waals surface area contributed by atoms with Gasteiger partial charge in [-0.05, 0) is 44.4 Å². The number of benzene rings is 1. The van der Waals surface area contributed by atoms with Crippen LogP contribution in [-0.4, -0.2) is 12.6 Å². The molecule has 0 bridgehead atoms. The summed E-state index contributed by atoms with van der Waals surface area (Å²) < 4.78 is 6.09. The third-order valence-corrected chi connectivity index (χ3v) is 3.57. The summed E-state index contributed by atoms with van der Waals surface area (Å²) in [7, 11) is 0. The first-order valence-electron chi connectivity index (χ1n) is 7.12. The molecule has 0 heterocycles. The van der Waals surface area contributed by atoms with Gasteiger partial charge in [-0.3, -0.25) is 0 Å². The van der Waals surface area contributed by atoms with Crippen molar-refractivity contribution in [3.8, 4) is 5.75 Å². The summed E-state index contributed by atoms with van der Waals surface area (Å²) in [5.41, 5.74) is 1.14. The van der Waals surface area contributed by atoms with Crippen molar-refractivity contribution in [1.29, 1.82) is 0 Å². The van der Waals surface area contributed by atoms with Crippen LogP contribution in [0.5, 0.6) is 5.75 Å². The lowest BCUT2D eigenvalue weighted by Gasteiger charge is -2.21. The molecule has 2 nitrogen and oxygen atoms in total. The SMILES string of the molecule is CCCNCc1cccc(Cl)c1OC1C=CCCC1. The van der Waals surface area contributed by atoms with Gasteiger partial charge in [0.05, 0.1) is 5.02 Å². The van der Waals surface area contributed by atoms with Gasteiger partial charge >= 0.3 is 0 Å². The number of rotatable bonds is 6. The van der Waals surface area contributed by atoms with E-state index >= 15 is 0 Å². The Kier molecular flexibility index (Phi) is 5.74. The van der Waals surface area contributed by atoms with Gasteiger partial charge in [0.25, 0.3) is 0 Å². The molecule has 1 atom stereocenters. The Balaban J connectivity index is 2.08. The Morgan fingerprint density at radius 1 is 1.42 bits per heavy atom. The third kappa shape index (κ3) is 4.26. The zero-order valence-corrected chi connectivity index (χ0v) is 12.2. The highest BCUT2D eigenvalue weighted by atomic mass is 35.5. The topological polar surface area (TPSA) is 21.3 Å². The minimum Gasteiger partial charge on any atom is -0.484 e. The number of para-hydroxylation sites is 1. The summed E-state index contributed by atoms with van der Waals surface area (Å²) in [5, 5.41) is 4.10. The molecular formula is C16H22ClNO. The van der Waals surface area contributed by atoms with E-state index in [4.69, 9.17) is 16.3 Å². The number of halogens is 1. The van der Waals surface area contributed by atoms with Gasteiger partial charge in [-0.25, -0.2) is 0 Å². The van der Waals surface area contributed by atoms with Gasteiger partial charge in [-0.1, -0.05) is 36.7 Å². The zero-order chi connectivity index (χ0) is 13.5. The maximum atomic E-state index is 6.28. The Morgan fingerprint density at radius 2 is 2.32 bits per heavy atom. The Hall–Kier alpha value is -0.990. The van der Waals surface area contributed by atoms with Gasteiger partial charge in [-0.15, -0.1) is 0 Å². The molecular weight excluding hydrogens is 258 g/mol. The van der Waals surface area contributed by atoms with Gasteiger partial charge in [0.15, 0.2) is 0 Å². The van der Waals surface area contributed by atoms with Crippen LogP contribution in [0.1, 0.15) is 38.2 Å². The van der Waals surface area contributed by atoms with Crippen LogP contribution in [0.15, 0.2) is 30.4 Å². The van der Waals surface area contributed by atoms with E-state index in [1.165, 1.54) is 6.42 Å². The molecule has 0 aromatic heterocycles. The van der Waals surface area contributed by atoms with E-state index in [9.17, 15) is 0 Å². The first-order valence-corrected chi connectivity index (χ1v) is 7.50. The minimum atomic E-state index is 0.165. The smallest absolute Gasteiger partial charge is 0.143 e. The average molecular weight is 280 g/mol. The quantitative estimate of drug-likeness (QED) is 0.618. The summed E-state index contributed by atoms with van der Waals surface area (Å²) in [6.45, 7) is 3.98. The number of nitrogens with one attached hydrogen (secondary N) is 1. The maximum Gasteiger partial charge on any atom is 0.143 e. The molecule has 1 unspecified atom stereocenters. The highest BCUT2D eigenvalue weighted by molar-refractivity contribution is 6.32. The van der Waals surface area contributed by atoms with Crippen molar-refractivity contribution in [2.75, 3.05) is 6.54 Å². The molecule has 0 saturated carbocycles. The zero-order valence-electron chi connectivity index (χ0n) is 11.5. The molecule has 0 saturated heterocycles. The van der Waals surface area contributed by atoms with Crippen LogP contribution in [0.2, 0.25) is 5.02 Å². The Morgan fingerprint density at radius 3 is 3.05 bits per heavy atom. The van der Waals surface area contributed by atoms with E-state index in [0.717, 1.165) is 43.7 Å². The van der Waals surface area contributed by atoms with E-state index in [1.54, 1.807) is 0 Å². The fraction of sp³-hybridized carbons (Fsp3) is 0.500. The predicted molar refractivity (Wildman–Crippen MR) is 80.9 cm³/mol. The number of allylic oxidation sites excluding steroid dienone is 1. The first-order chi connectivity index (χ1) is 9.31. The van der Waals surface area contributed by atoms with Gasteiger partial charge in [0, 0.05) is 12.1 Å². The molecule has 3 heteroatoms. The summed E-state index contributed by atoms with van der Waals surface area (Å²) in [6.07, 6.45) is 9.06. The lowest BCUT2D eigenvalue weighted by atomic mass is 10.1. The molecule has 0 radical (unpaired) electrons. The lowest BCUT2D eigenvalue weighted by Crippen LogP contribution is -2.19. The monoisotopic (exact) mass is 279 g/mol. The van der Waals surface area contributed by atoms with Gasteiger partial charge in [0.2, 0.25) is 0 Å². The van der Waals surface area contributed by atoms with Crippen molar-refractivity contribution in [3.05, 3.63) is 40.9 Å². The van der Waals surface area contributed by atoms with Crippen molar-refractivity contribution in [3.63, 3.8) is 0 Å². The lowest BCUT2D eigenvalue weighted by molar-refractivity contribution is 0.227. The second-order valence-corrected chi connectivity index (χ2v) is 5.33. The van der Waals surface area contributed by atoms with E-state index in [-0.39, 0.29) is 6.10 Å². The van der Waals surface area contributed by atoms with E-state index in [2.05, 4.69) is 30.5 Å². The summed E-state index contributed by atoms with van der Waals surface area (Å²) in [4.78, 5) is 0. The van der Waals surface area contributed by atoms with Gasteiger partial charge in [-0.2, -0.15) is 0 Å². The van der Waals surface area contributed by atoms with Crippen LogP contribution >= 0.6 is 11.6 Å². The van der Waals surface area contributed by atoms with Crippen molar-refractivity contribution >= 4 is 11.6 Å². The van der Waals surface area contributed by atoms with Crippen molar-refractivity contribution in [2.24, 2.45) is 0 Å². The number of ether oxygens (including phenoxy) is 1. The molecule has 0 amide bonds. The highest BCUT2D eigenvalue weighted by Gasteiger charge is 2.14. The van der Waals surface area contributed by atoms with Crippen LogP contribution < -0.4 is 10.1 Å². The molecule has 1 aromatic carbocycles. The van der Waals surface area contributed by atoms with Gasteiger partial charge < -0.3 is 10.1 Å². The van der Waals surface area contributed by atoms with Gasteiger partial charge in [0.1, 0.15) is 11.9 Å². The van der Waals surface area contributed by atoms with Crippen molar-refractivity contribution in [2.45, 2.75) is 45.3 Å². The molecule has 2 rings (SSSR count). The summed E-state index contributed by atoms with van der Waals surface area (Å²) >= 11 is 6.28. The third-order valence-electron chi connectivity index (χ3n) is 3.27. The standard InChI is InChI=1S/C16H22ClNO/c1-2-11-18-12-13-7-6-10-15(17)16(13)19-14-8-4-3-5-9-14/h4,6-8,10,14,18H,2-3,5,9,11-12H2,1H3. The molecule has 104 valence electrons. The van der Waals surface area contributed by atoms with Crippen LogP contribution in [0.3, 0.4) is 0 Å². The van der Waals surface area contributed by atoms with E-state index < -0.39 is 0 Å². The number of hydrogen-bond acceptors (Lipinski definition) is 2. The molecule has 0 fully saturated rings. The van der Waals surface area contributed by atoms with Crippen LogP contribution in [0, 0.1) is 0 Å². The van der Waals surface area contributed by atoms with Crippen LogP contribution in [0.25, 0.3) is 0 Å². The molecule has 1 aromatic rings. The Labute approximate surface area is 120 Å². The molecule has 0 spiro atoms. The van der Waals surface area contributed by atoms with E-state index in [1.807, 2.05) is 12.1 Å². The highest BCUT2D eigenvalue weighted by Crippen LogP contribution is 2.31. The first kappa shape index (κ1) is 14.4. The second kappa shape index (κ2) is 7.56. The fourth-order valence-electron chi connectivity index (χ4n) is 2.26. The molecule has 1 N–H and O–H groups in total. The molecule has 19 heavy (non-hydrogen) atoms. The summed E-state index contributed by atoms with van der Waals surface area (Å²) in [5.74, 6) is 0.837. The Bertz CT molecular complexity index is 431. The van der Waals surface area contributed by atoms with Crippen molar-refractivity contribution < 1.29 is 4.74 Å². The average Bonchev–Trinajstić information content (AvgIpc) is 2.44. The summed E-state index contributed by atoms with van der Waals surface area (Å²) in [6, 6.07) is 5.96. The second-order valence-electron chi connectivity index (χ2n) is 4.92. The molecule has 1 aliphatic rings. The molecule has 1 aliphatic carbocycles. The predicted octanol–water partition coefficient (Wildman–Crippen LogP) is 4.33. The number of hydrogen-bond donors (Lipinski definition) is 1. The maximum absolute atomic E-state index is 6.28.